The Hall–Kier alpha value is -0.450. The van der Waals surface area contributed by atoms with Crippen LogP contribution in [0.5, 0.6) is 0 Å². The summed E-state index contributed by atoms with van der Waals surface area (Å²) in [6.07, 6.45) is 1.87. The van der Waals surface area contributed by atoms with Crippen LogP contribution in [-0.4, -0.2) is 46.0 Å². The minimum Gasteiger partial charge on any atom is -0.293 e. The molecular formula is C10H14IN3O. The molecule has 0 radical (unpaired) electrons. The van der Waals surface area contributed by atoms with Crippen LogP contribution in [0.2, 0.25) is 0 Å². The first-order valence-electron chi connectivity index (χ1n) is 4.84. The highest BCUT2D eigenvalue weighted by Gasteiger charge is 2.25. The fourth-order valence-electron chi connectivity index (χ4n) is 1.59. The van der Waals surface area contributed by atoms with E-state index in [9.17, 15) is 4.79 Å². The zero-order chi connectivity index (χ0) is 11.3. The van der Waals surface area contributed by atoms with E-state index in [0.29, 0.717) is 13.0 Å². The first kappa shape index (κ1) is 12.6. The van der Waals surface area contributed by atoms with Crippen molar-refractivity contribution in [1.82, 2.24) is 8.01 Å². The maximum atomic E-state index is 11.2. The van der Waals surface area contributed by atoms with Gasteiger partial charge in [0, 0.05) is 48.5 Å². The third-order valence-electron chi connectivity index (χ3n) is 2.43. The monoisotopic (exact) mass is 319 g/mol. The molecule has 0 unspecified atom stereocenters. The SMILES string of the molecule is C=CC(=O)CN1CCN(I)[C@H](CC#N)C1. The van der Waals surface area contributed by atoms with Crippen molar-refractivity contribution in [1.29, 1.82) is 5.26 Å². The van der Waals surface area contributed by atoms with Crippen molar-refractivity contribution in [2.45, 2.75) is 12.5 Å². The second-order valence-electron chi connectivity index (χ2n) is 3.54. The van der Waals surface area contributed by atoms with E-state index < -0.39 is 0 Å². The lowest BCUT2D eigenvalue weighted by Crippen LogP contribution is -2.50. The molecule has 1 fully saturated rings. The fraction of sp³-hybridized carbons (Fsp3) is 0.600. The van der Waals surface area contributed by atoms with Crippen LogP contribution in [0, 0.1) is 11.3 Å². The summed E-state index contributed by atoms with van der Waals surface area (Å²) in [4.78, 5) is 13.3. The molecule has 82 valence electrons. The summed E-state index contributed by atoms with van der Waals surface area (Å²) in [5, 5.41) is 8.67. The molecular weight excluding hydrogens is 305 g/mol. The topological polar surface area (TPSA) is 47.3 Å². The molecule has 0 aromatic carbocycles. The molecule has 1 heterocycles. The van der Waals surface area contributed by atoms with Crippen molar-refractivity contribution in [3.05, 3.63) is 12.7 Å². The number of hydrogen-bond donors (Lipinski definition) is 0. The van der Waals surface area contributed by atoms with Crippen LogP contribution in [-0.2, 0) is 4.79 Å². The quantitative estimate of drug-likeness (QED) is 0.440. The number of halogens is 1. The fourth-order valence-corrected chi connectivity index (χ4v) is 2.18. The largest absolute Gasteiger partial charge is 0.293 e. The molecule has 1 atom stereocenters. The molecule has 15 heavy (non-hydrogen) atoms. The Bertz CT molecular complexity index is 287. The summed E-state index contributed by atoms with van der Waals surface area (Å²) in [6.45, 7) is 6.45. The van der Waals surface area contributed by atoms with E-state index in [2.05, 4.69) is 43.5 Å². The lowest BCUT2D eigenvalue weighted by Gasteiger charge is -2.36. The van der Waals surface area contributed by atoms with Gasteiger partial charge >= 0.3 is 0 Å². The summed E-state index contributed by atoms with van der Waals surface area (Å²) in [7, 11) is 0. The molecule has 1 aliphatic rings. The Morgan fingerprint density at radius 3 is 3.00 bits per heavy atom. The third kappa shape index (κ3) is 3.89. The maximum Gasteiger partial charge on any atom is 0.169 e. The van der Waals surface area contributed by atoms with Crippen LogP contribution in [0.4, 0.5) is 0 Å². The molecule has 0 aliphatic carbocycles. The maximum absolute atomic E-state index is 11.2. The predicted octanol–water partition coefficient (Wildman–Crippen LogP) is 0.991. The Kier molecular flexibility index (Phi) is 5.22. The molecule has 0 amide bonds. The van der Waals surface area contributed by atoms with Gasteiger partial charge in [0.1, 0.15) is 0 Å². The van der Waals surface area contributed by atoms with Gasteiger partial charge in [-0.05, 0) is 6.08 Å². The van der Waals surface area contributed by atoms with Gasteiger partial charge in [-0.2, -0.15) is 5.26 Å². The normalized spacial score (nSPS) is 23.3. The summed E-state index contributed by atoms with van der Waals surface area (Å²) in [5.74, 6) is 0.0487. The van der Waals surface area contributed by atoms with E-state index in [-0.39, 0.29) is 11.8 Å². The van der Waals surface area contributed by atoms with Gasteiger partial charge in [-0.15, -0.1) is 0 Å². The third-order valence-corrected chi connectivity index (χ3v) is 3.70. The molecule has 1 saturated heterocycles. The van der Waals surface area contributed by atoms with E-state index in [4.69, 9.17) is 5.26 Å². The Morgan fingerprint density at radius 2 is 2.40 bits per heavy atom. The molecule has 5 heteroatoms. The number of nitriles is 1. The standard InChI is InChI=1S/C10H14IN3O/c1-2-10(15)8-13-5-6-14(11)9(7-13)3-4-12/h2,9H,1,3,5-8H2/t9-/m1/s1. The number of rotatable bonds is 4. The molecule has 0 bridgehead atoms. The molecule has 0 N–H and O–H groups in total. The number of piperazine rings is 1. The van der Waals surface area contributed by atoms with E-state index >= 15 is 0 Å². The number of ketones is 1. The van der Waals surface area contributed by atoms with Gasteiger partial charge in [-0.3, -0.25) is 9.69 Å². The summed E-state index contributed by atoms with van der Waals surface area (Å²) in [5.41, 5.74) is 0. The number of carbonyl (C=O) groups excluding carboxylic acids is 1. The van der Waals surface area contributed by atoms with Crippen molar-refractivity contribution in [3.63, 3.8) is 0 Å². The van der Waals surface area contributed by atoms with E-state index in [1.54, 1.807) is 0 Å². The minimum absolute atomic E-state index is 0.0487. The molecule has 1 aliphatic heterocycles. The second-order valence-corrected chi connectivity index (χ2v) is 4.78. The van der Waals surface area contributed by atoms with Crippen molar-refractivity contribution >= 4 is 28.6 Å². The van der Waals surface area contributed by atoms with Gasteiger partial charge in [0.15, 0.2) is 5.78 Å². The average Bonchev–Trinajstić information content (AvgIpc) is 2.23. The van der Waals surface area contributed by atoms with Crippen LogP contribution < -0.4 is 0 Å². The lowest BCUT2D eigenvalue weighted by atomic mass is 10.1. The lowest BCUT2D eigenvalue weighted by molar-refractivity contribution is -0.116. The second kappa shape index (κ2) is 6.20. The van der Waals surface area contributed by atoms with Gasteiger partial charge in [0.2, 0.25) is 0 Å². The molecule has 0 aromatic rings. The molecule has 4 nitrogen and oxygen atoms in total. The molecule has 0 saturated carbocycles. The van der Waals surface area contributed by atoms with Crippen LogP contribution >= 0.6 is 22.9 Å². The van der Waals surface area contributed by atoms with E-state index in [0.717, 1.165) is 19.6 Å². The highest BCUT2D eigenvalue weighted by molar-refractivity contribution is 14.1. The van der Waals surface area contributed by atoms with Gasteiger partial charge < -0.3 is 0 Å². The summed E-state index contributed by atoms with van der Waals surface area (Å²) in [6, 6.07) is 2.42. The van der Waals surface area contributed by atoms with Crippen LogP contribution in [0.15, 0.2) is 12.7 Å². The van der Waals surface area contributed by atoms with Crippen molar-refractivity contribution in [3.8, 4) is 6.07 Å². The van der Waals surface area contributed by atoms with Gasteiger partial charge in [-0.25, -0.2) is 3.11 Å². The summed E-state index contributed by atoms with van der Waals surface area (Å²) >= 11 is 2.25. The average molecular weight is 319 g/mol. The first-order chi connectivity index (χ1) is 7.17. The molecule has 0 spiro atoms. The molecule has 1 rings (SSSR count). The Labute approximate surface area is 104 Å². The minimum atomic E-state index is 0.0487. The number of nitrogens with zero attached hydrogens (tertiary/aromatic N) is 3. The molecule has 0 aromatic heterocycles. The zero-order valence-electron chi connectivity index (χ0n) is 8.53. The van der Waals surface area contributed by atoms with Crippen LogP contribution in [0.25, 0.3) is 0 Å². The van der Waals surface area contributed by atoms with Crippen molar-refractivity contribution in [2.24, 2.45) is 0 Å². The van der Waals surface area contributed by atoms with Crippen molar-refractivity contribution < 1.29 is 4.79 Å². The van der Waals surface area contributed by atoms with E-state index in [1.807, 2.05) is 0 Å². The smallest absolute Gasteiger partial charge is 0.169 e. The number of carbonyl (C=O) groups is 1. The highest BCUT2D eigenvalue weighted by atomic mass is 127. The van der Waals surface area contributed by atoms with Crippen LogP contribution in [0.3, 0.4) is 0 Å². The zero-order valence-corrected chi connectivity index (χ0v) is 10.7. The Balaban J connectivity index is 2.47. The van der Waals surface area contributed by atoms with Crippen molar-refractivity contribution in [2.75, 3.05) is 26.2 Å². The first-order valence-corrected chi connectivity index (χ1v) is 5.81. The number of hydrogen-bond acceptors (Lipinski definition) is 4. The predicted molar refractivity (Wildman–Crippen MR) is 66.4 cm³/mol. The van der Waals surface area contributed by atoms with E-state index in [1.165, 1.54) is 6.08 Å². The Morgan fingerprint density at radius 1 is 1.67 bits per heavy atom. The van der Waals surface area contributed by atoms with Gasteiger partial charge in [-0.1, -0.05) is 6.58 Å². The van der Waals surface area contributed by atoms with Gasteiger partial charge in [0.25, 0.3) is 0 Å². The van der Waals surface area contributed by atoms with Crippen LogP contribution in [0.1, 0.15) is 6.42 Å². The van der Waals surface area contributed by atoms with Gasteiger partial charge in [0.05, 0.1) is 19.0 Å². The highest BCUT2D eigenvalue weighted by Crippen LogP contribution is 2.16. The summed E-state index contributed by atoms with van der Waals surface area (Å²) < 4.78 is 2.15.